The number of carboxylic acids is 1. The van der Waals surface area contributed by atoms with E-state index in [2.05, 4.69) is 5.16 Å². The number of aromatic carboxylic acids is 1. The van der Waals surface area contributed by atoms with Crippen molar-refractivity contribution in [1.82, 2.24) is 10.1 Å². The molecule has 0 unspecified atom stereocenters. The summed E-state index contributed by atoms with van der Waals surface area (Å²) in [5, 5.41) is 12.7. The van der Waals surface area contributed by atoms with Gasteiger partial charge in [-0.3, -0.25) is 4.90 Å². The van der Waals surface area contributed by atoms with Crippen molar-refractivity contribution in [3.8, 4) is 11.3 Å². The third kappa shape index (κ3) is 2.77. The fourth-order valence-corrected chi connectivity index (χ4v) is 2.62. The summed E-state index contributed by atoms with van der Waals surface area (Å²) in [6.45, 7) is 5.29. The molecule has 0 saturated carbocycles. The molecule has 2 heterocycles. The number of nitrogens with zero attached hydrogens (tertiary/aromatic N) is 3. The fourth-order valence-electron chi connectivity index (χ4n) is 2.62. The van der Waals surface area contributed by atoms with Crippen LogP contribution in [0.2, 0.25) is 0 Å². The second kappa shape index (κ2) is 5.75. The number of urea groups is 1. The van der Waals surface area contributed by atoms with Crippen LogP contribution in [0.5, 0.6) is 0 Å². The molecule has 1 aliphatic rings. The topological polar surface area (TPSA) is 86.9 Å². The van der Waals surface area contributed by atoms with E-state index in [4.69, 9.17) is 9.63 Å². The van der Waals surface area contributed by atoms with Crippen LogP contribution >= 0.6 is 0 Å². The number of hydrogen-bond donors (Lipinski definition) is 1. The van der Waals surface area contributed by atoms with Crippen molar-refractivity contribution in [2.75, 3.05) is 18.0 Å². The predicted molar refractivity (Wildman–Crippen MR) is 83.5 cm³/mol. The molecule has 0 atom stereocenters. The van der Waals surface area contributed by atoms with Crippen molar-refractivity contribution in [1.29, 1.82) is 0 Å². The Bertz CT molecular complexity index is 753. The number of hydrogen-bond acceptors (Lipinski definition) is 4. The average molecular weight is 315 g/mol. The van der Waals surface area contributed by atoms with E-state index in [0.29, 0.717) is 24.3 Å². The Morgan fingerprint density at radius 1 is 1.30 bits per heavy atom. The van der Waals surface area contributed by atoms with Gasteiger partial charge in [0.15, 0.2) is 0 Å². The minimum absolute atomic E-state index is 0.0245. The van der Waals surface area contributed by atoms with Gasteiger partial charge in [-0.05, 0) is 26.0 Å². The standard InChI is InChI=1S/C16H17N3O4/c1-10(2)18-6-7-19(16(18)22)12-5-3-4-11(8-12)13-9-14(15(20)21)23-17-13/h3-5,8-10H,6-7H2,1-2H3,(H,20,21). The summed E-state index contributed by atoms with van der Waals surface area (Å²) in [7, 11) is 0. The molecule has 1 fully saturated rings. The molecule has 0 spiro atoms. The zero-order valence-corrected chi connectivity index (χ0v) is 12.9. The summed E-state index contributed by atoms with van der Waals surface area (Å²) < 4.78 is 4.78. The third-order valence-corrected chi connectivity index (χ3v) is 3.84. The number of aromatic nitrogens is 1. The first-order chi connectivity index (χ1) is 11.0. The molecule has 1 aromatic heterocycles. The fraction of sp³-hybridized carbons (Fsp3) is 0.312. The summed E-state index contributed by atoms with van der Waals surface area (Å²) in [6.07, 6.45) is 0. The number of benzene rings is 1. The monoisotopic (exact) mass is 315 g/mol. The van der Waals surface area contributed by atoms with Crippen LogP contribution in [-0.4, -0.2) is 46.3 Å². The Labute approximate surface area is 133 Å². The van der Waals surface area contributed by atoms with Gasteiger partial charge >= 0.3 is 12.0 Å². The summed E-state index contributed by atoms with van der Waals surface area (Å²) in [6, 6.07) is 8.77. The van der Waals surface area contributed by atoms with Gasteiger partial charge < -0.3 is 14.5 Å². The summed E-state index contributed by atoms with van der Waals surface area (Å²) in [4.78, 5) is 26.8. The maximum atomic E-state index is 12.4. The van der Waals surface area contributed by atoms with E-state index in [-0.39, 0.29) is 17.8 Å². The Balaban J connectivity index is 1.88. The highest BCUT2D eigenvalue weighted by molar-refractivity contribution is 5.95. The molecular formula is C16H17N3O4. The van der Waals surface area contributed by atoms with Crippen molar-refractivity contribution >= 4 is 17.7 Å². The van der Waals surface area contributed by atoms with Gasteiger partial charge in [-0.1, -0.05) is 17.3 Å². The molecule has 1 aromatic carbocycles. The molecule has 2 aromatic rings. The maximum absolute atomic E-state index is 12.4. The number of rotatable bonds is 4. The van der Waals surface area contributed by atoms with Crippen LogP contribution in [0.15, 0.2) is 34.9 Å². The van der Waals surface area contributed by atoms with E-state index < -0.39 is 5.97 Å². The summed E-state index contributed by atoms with van der Waals surface area (Å²) in [5.41, 5.74) is 1.89. The van der Waals surface area contributed by atoms with Crippen LogP contribution < -0.4 is 4.90 Å². The normalized spacial score (nSPS) is 14.8. The van der Waals surface area contributed by atoms with Gasteiger partial charge in [0.2, 0.25) is 5.76 Å². The van der Waals surface area contributed by atoms with Gasteiger partial charge in [0, 0.05) is 36.4 Å². The molecule has 7 heteroatoms. The highest BCUT2D eigenvalue weighted by Crippen LogP contribution is 2.27. The molecule has 0 radical (unpaired) electrons. The number of carbonyl (C=O) groups is 2. The average Bonchev–Trinajstić information content (AvgIpc) is 3.14. The predicted octanol–water partition coefficient (Wildman–Crippen LogP) is 2.69. The number of amides is 2. The summed E-state index contributed by atoms with van der Waals surface area (Å²) >= 11 is 0. The van der Waals surface area contributed by atoms with Gasteiger partial charge in [0.05, 0.1) is 0 Å². The molecule has 120 valence electrons. The highest BCUT2D eigenvalue weighted by atomic mass is 16.5. The number of carboxylic acid groups (broad SMARTS) is 1. The lowest BCUT2D eigenvalue weighted by Crippen LogP contribution is -2.36. The molecule has 1 N–H and O–H groups in total. The lowest BCUT2D eigenvalue weighted by atomic mass is 10.1. The minimum Gasteiger partial charge on any atom is -0.475 e. The second-order valence-corrected chi connectivity index (χ2v) is 5.65. The second-order valence-electron chi connectivity index (χ2n) is 5.65. The van der Waals surface area contributed by atoms with E-state index in [1.807, 2.05) is 36.9 Å². The van der Waals surface area contributed by atoms with E-state index >= 15 is 0 Å². The number of anilines is 1. The van der Waals surface area contributed by atoms with Gasteiger partial charge in [-0.15, -0.1) is 0 Å². The molecule has 0 bridgehead atoms. The van der Waals surface area contributed by atoms with Crippen molar-refractivity contribution in [3.05, 3.63) is 36.1 Å². The lowest BCUT2D eigenvalue weighted by molar-refractivity contribution is 0.0652. The highest BCUT2D eigenvalue weighted by Gasteiger charge is 2.31. The Kier molecular flexibility index (Phi) is 3.77. The zero-order valence-electron chi connectivity index (χ0n) is 12.9. The lowest BCUT2D eigenvalue weighted by Gasteiger charge is -2.22. The summed E-state index contributed by atoms with van der Waals surface area (Å²) in [5.74, 6) is -1.38. The quantitative estimate of drug-likeness (QED) is 0.937. The van der Waals surface area contributed by atoms with Crippen LogP contribution in [0, 0.1) is 0 Å². The Morgan fingerprint density at radius 3 is 2.70 bits per heavy atom. The maximum Gasteiger partial charge on any atom is 0.374 e. The molecule has 23 heavy (non-hydrogen) atoms. The van der Waals surface area contributed by atoms with E-state index in [1.165, 1.54) is 6.07 Å². The van der Waals surface area contributed by atoms with Crippen LogP contribution in [0.3, 0.4) is 0 Å². The molecule has 1 saturated heterocycles. The van der Waals surface area contributed by atoms with Crippen molar-refractivity contribution in [2.45, 2.75) is 19.9 Å². The van der Waals surface area contributed by atoms with E-state index in [9.17, 15) is 9.59 Å². The van der Waals surface area contributed by atoms with E-state index in [0.717, 1.165) is 5.69 Å². The van der Waals surface area contributed by atoms with Crippen molar-refractivity contribution < 1.29 is 19.2 Å². The molecule has 0 aliphatic carbocycles. The minimum atomic E-state index is -1.16. The first-order valence-corrected chi connectivity index (χ1v) is 7.36. The Morgan fingerprint density at radius 2 is 2.09 bits per heavy atom. The van der Waals surface area contributed by atoms with Crippen LogP contribution in [-0.2, 0) is 0 Å². The SMILES string of the molecule is CC(C)N1CCN(c2cccc(-c3cc(C(=O)O)on3)c2)C1=O. The van der Waals surface area contributed by atoms with Crippen LogP contribution in [0.25, 0.3) is 11.3 Å². The molecule has 3 rings (SSSR count). The third-order valence-electron chi connectivity index (χ3n) is 3.84. The Hall–Kier alpha value is -2.83. The van der Waals surface area contributed by atoms with Crippen molar-refractivity contribution in [3.63, 3.8) is 0 Å². The largest absolute Gasteiger partial charge is 0.475 e. The van der Waals surface area contributed by atoms with Gasteiger partial charge in [-0.25, -0.2) is 9.59 Å². The number of carbonyl (C=O) groups excluding carboxylic acids is 1. The zero-order chi connectivity index (χ0) is 16.6. The van der Waals surface area contributed by atoms with Gasteiger partial charge in [0.25, 0.3) is 0 Å². The first-order valence-electron chi connectivity index (χ1n) is 7.36. The van der Waals surface area contributed by atoms with Crippen molar-refractivity contribution in [2.24, 2.45) is 0 Å². The molecule has 2 amide bonds. The molecular weight excluding hydrogens is 298 g/mol. The van der Waals surface area contributed by atoms with Crippen LogP contribution in [0.4, 0.5) is 10.5 Å². The van der Waals surface area contributed by atoms with E-state index in [1.54, 1.807) is 11.0 Å². The van der Waals surface area contributed by atoms with Gasteiger partial charge in [0.1, 0.15) is 5.69 Å². The van der Waals surface area contributed by atoms with Gasteiger partial charge in [-0.2, -0.15) is 0 Å². The smallest absolute Gasteiger partial charge is 0.374 e. The molecule has 1 aliphatic heterocycles. The molecule has 7 nitrogen and oxygen atoms in total. The first kappa shape index (κ1) is 15.1. The van der Waals surface area contributed by atoms with Crippen LogP contribution in [0.1, 0.15) is 24.4 Å².